The number of aromatic carboxylic acids is 1. The van der Waals surface area contributed by atoms with Crippen molar-refractivity contribution in [3.05, 3.63) is 57.6 Å². The van der Waals surface area contributed by atoms with E-state index in [1.165, 1.54) is 12.1 Å². The maximum Gasteiger partial charge on any atom is 0.335 e. The molecule has 2 aromatic rings. The van der Waals surface area contributed by atoms with Crippen LogP contribution in [0.2, 0.25) is 0 Å². The van der Waals surface area contributed by atoms with Gasteiger partial charge in [-0.3, -0.25) is 4.79 Å². The van der Waals surface area contributed by atoms with E-state index < -0.39 is 5.97 Å². The van der Waals surface area contributed by atoms with Crippen molar-refractivity contribution in [3.8, 4) is 0 Å². The van der Waals surface area contributed by atoms with Gasteiger partial charge >= 0.3 is 5.97 Å². The van der Waals surface area contributed by atoms with Gasteiger partial charge in [-0.15, -0.1) is 0 Å². The SMILES string of the molecule is Cc1ccc(C(=O)O)cc1NC(=O)c1cc(N)ccc1Br. The number of carboxylic acid groups (broad SMARTS) is 1. The number of aryl methyl sites for hydroxylation is 1. The van der Waals surface area contributed by atoms with Crippen LogP contribution in [0.5, 0.6) is 0 Å². The van der Waals surface area contributed by atoms with Crippen molar-refractivity contribution < 1.29 is 14.7 Å². The number of carbonyl (C=O) groups excluding carboxylic acids is 1. The first-order valence-electron chi connectivity index (χ1n) is 6.09. The van der Waals surface area contributed by atoms with Gasteiger partial charge in [-0.25, -0.2) is 4.79 Å². The average Bonchev–Trinajstić information content (AvgIpc) is 2.43. The lowest BCUT2D eigenvalue weighted by molar-refractivity contribution is 0.0696. The predicted molar refractivity (Wildman–Crippen MR) is 84.6 cm³/mol. The monoisotopic (exact) mass is 348 g/mol. The lowest BCUT2D eigenvalue weighted by Gasteiger charge is -2.11. The quantitative estimate of drug-likeness (QED) is 0.742. The smallest absolute Gasteiger partial charge is 0.335 e. The van der Waals surface area contributed by atoms with Crippen molar-refractivity contribution in [2.75, 3.05) is 11.1 Å². The number of hydrogen-bond donors (Lipinski definition) is 3. The van der Waals surface area contributed by atoms with Gasteiger partial charge in [0, 0.05) is 15.8 Å². The summed E-state index contributed by atoms with van der Waals surface area (Å²) < 4.78 is 0.612. The van der Waals surface area contributed by atoms with Crippen molar-refractivity contribution in [1.29, 1.82) is 0 Å². The summed E-state index contributed by atoms with van der Waals surface area (Å²) in [5.41, 5.74) is 7.87. The fourth-order valence-corrected chi connectivity index (χ4v) is 2.22. The van der Waals surface area contributed by atoms with Crippen molar-refractivity contribution in [3.63, 3.8) is 0 Å². The Labute approximate surface area is 129 Å². The van der Waals surface area contributed by atoms with E-state index in [9.17, 15) is 9.59 Å². The summed E-state index contributed by atoms with van der Waals surface area (Å²) in [5, 5.41) is 11.7. The number of amides is 1. The number of nitrogen functional groups attached to an aromatic ring is 1. The van der Waals surface area contributed by atoms with Crippen LogP contribution in [0.3, 0.4) is 0 Å². The summed E-state index contributed by atoms with van der Waals surface area (Å²) in [6.07, 6.45) is 0. The predicted octanol–water partition coefficient (Wildman–Crippen LogP) is 3.29. The zero-order valence-corrected chi connectivity index (χ0v) is 12.8. The van der Waals surface area contributed by atoms with E-state index in [0.29, 0.717) is 21.4 Å². The number of anilines is 2. The van der Waals surface area contributed by atoms with E-state index in [0.717, 1.165) is 5.56 Å². The van der Waals surface area contributed by atoms with Gasteiger partial charge in [-0.05, 0) is 58.7 Å². The molecule has 0 aliphatic rings. The van der Waals surface area contributed by atoms with Crippen molar-refractivity contribution in [2.24, 2.45) is 0 Å². The molecule has 0 saturated carbocycles. The van der Waals surface area contributed by atoms with E-state index in [1.807, 2.05) is 0 Å². The first-order valence-corrected chi connectivity index (χ1v) is 6.88. The summed E-state index contributed by atoms with van der Waals surface area (Å²) in [6.45, 7) is 1.79. The second-order valence-electron chi connectivity index (χ2n) is 4.53. The molecule has 0 heterocycles. The number of carboxylic acids is 1. The van der Waals surface area contributed by atoms with Gasteiger partial charge in [0.25, 0.3) is 5.91 Å². The molecule has 4 N–H and O–H groups in total. The first kappa shape index (κ1) is 15.1. The highest BCUT2D eigenvalue weighted by Crippen LogP contribution is 2.23. The van der Waals surface area contributed by atoms with Gasteiger partial charge in [-0.1, -0.05) is 6.07 Å². The van der Waals surface area contributed by atoms with Crippen LogP contribution in [0.4, 0.5) is 11.4 Å². The van der Waals surface area contributed by atoms with Gasteiger partial charge in [0.15, 0.2) is 0 Å². The molecule has 0 aliphatic heterocycles. The Hall–Kier alpha value is -2.34. The minimum atomic E-state index is -1.05. The Morgan fingerprint density at radius 2 is 1.90 bits per heavy atom. The first-order chi connectivity index (χ1) is 9.88. The highest BCUT2D eigenvalue weighted by Gasteiger charge is 2.13. The number of hydrogen-bond acceptors (Lipinski definition) is 3. The molecule has 0 aromatic heterocycles. The van der Waals surface area contributed by atoms with Crippen LogP contribution >= 0.6 is 15.9 Å². The molecule has 5 nitrogen and oxygen atoms in total. The molecule has 0 saturated heterocycles. The van der Waals surface area contributed by atoms with E-state index in [1.54, 1.807) is 31.2 Å². The van der Waals surface area contributed by atoms with Crippen LogP contribution in [0.25, 0.3) is 0 Å². The molecule has 0 spiro atoms. The van der Waals surface area contributed by atoms with E-state index in [4.69, 9.17) is 10.8 Å². The molecule has 0 atom stereocenters. The van der Waals surface area contributed by atoms with Gasteiger partial charge in [0.2, 0.25) is 0 Å². The average molecular weight is 349 g/mol. The molecule has 0 fully saturated rings. The van der Waals surface area contributed by atoms with E-state index >= 15 is 0 Å². The van der Waals surface area contributed by atoms with Crippen molar-refractivity contribution in [2.45, 2.75) is 6.92 Å². The molecule has 6 heteroatoms. The minimum absolute atomic E-state index is 0.113. The molecule has 0 bridgehead atoms. The number of halogens is 1. The second kappa shape index (κ2) is 5.97. The fourth-order valence-electron chi connectivity index (χ4n) is 1.80. The normalized spacial score (nSPS) is 10.2. The van der Waals surface area contributed by atoms with Crippen LogP contribution in [0.15, 0.2) is 40.9 Å². The Morgan fingerprint density at radius 1 is 1.19 bits per heavy atom. The number of nitrogens with two attached hydrogens (primary N) is 1. The van der Waals surface area contributed by atoms with Crippen LogP contribution in [0.1, 0.15) is 26.3 Å². The number of carbonyl (C=O) groups is 2. The molecular weight excluding hydrogens is 336 g/mol. The van der Waals surface area contributed by atoms with Crippen LogP contribution in [-0.4, -0.2) is 17.0 Å². The third-order valence-electron chi connectivity index (χ3n) is 2.97. The van der Waals surface area contributed by atoms with Crippen molar-refractivity contribution in [1.82, 2.24) is 0 Å². The Kier molecular flexibility index (Phi) is 4.28. The van der Waals surface area contributed by atoms with Gasteiger partial charge in [-0.2, -0.15) is 0 Å². The zero-order chi connectivity index (χ0) is 15.6. The largest absolute Gasteiger partial charge is 0.478 e. The maximum absolute atomic E-state index is 12.3. The Bertz CT molecular complexity index is 729. The highest BCUT2D eigenvalue weighted by molar-refractivity contribution is 9.10. The summed E-state index contributed by atoms with van der Waals surface area (Å²) in [7, 11) is 0. The van der Waals surface area contributed by atoms with Gasteiger partial charge < -0.3 is 16.2 Å². The van der Waals surface area contributed by atoms with Crippen LogP contribution in [-0.2, 0) is 0 Å². The van der Waals surface area contributed by atoms with E-state index in [-0.39, 0.29) is 11.5 Å². The minimum Gasteiger partial charge on any atom is -0.478 e. The molecule has 0 aliphatic carbocycles. The lowest BCUT2D eigenvalue weighted by Crippen LogP contribution is -2.14. The third-order valence-corrected chi connectivity index (χ3v) is 3.66. The fraction of sp³-hybridized carbons (Fsp3) is 0.0667. The molecule has 108 valence electrons. The molecule has 2 rings (SSSR count). The van der Waals surface area contributed by atoms with Gasteiger partial charge in [0.05, 0.1) is 11.1 Å². The van der Waals surface area contributed by atoms with Gasteiger partial charge in [0.1, 0.15) is 0 Å². The standard InChI is InChI=1S/C15H13BrN2O3/c1-8-2-3-9(15(20)21)6-13(8)18-14(19)11-7-10(17)4-5-12(11)16/h2-7H,17H2,1H3,(H,18,19)(H,20,21). The van der Waals surface area contributed by atoms with E-state index in [2.05, 4.69) is 21.2 Å². The summed E-state index contributed by atoms with van der Waals surface area (Å²) in [4.78, 5) is 23.3. The third kappa shape index (κ3) is 3.41. The summed E-state index contributed by atoms with van der Waals surface area (Å²) in [6, 6.07) is 9.48. The molecule has 21 heavy (non-hydrogen) atoms. The lowest BCUT2D eigenvalue weighted by atomic mass is 10.1. The zero-order valence-electron chi connectivity index (χ0n) is 11.2. The van der Waals surface area contributed by atoms with Crippen LogP contribution in [0, 0.1) is 6.92 Å². The second-order valence-corrected chi connectivity index (χ2v) is 5.38. The molecule has 2 aromatic carbocycles. The number of nitrogens with one attached hydrogen (secondary N) is 1. The highest BCUT2D eigenvalue weighted by atomic mass is 79.9. The Morgan fingerprint density at radius 3 is 2.57 bits per heavy atom. The number of rotatable bonds is 3. The molecule has 1 amide bonds. The molecule has 0 radical (unpaired) electrons. The summed E-state index contributed by atoms with van der Waals surface area (Å²) >= 11 is 3.29. The Balaban J connectivity index is 2.33. The van der Waals surface area contributed by atoms with Crippen LogP contribution < -0.4 is 11.1 Å². The number of benzene rings is 2. The summed E-state index contributed by atoms with van der Waals surface area (Å²) in [5.74, 6) is -1.41. The maximum atomic E-state index is 12.3. The molecular formula is C15H13BrN2O3. The topological polar surface area (TPSA) is 92.4 Å². The molecule has 0 unspecified atom stereocenters. The van der Waals surface area contributed by atoms with Crippen molar-refractivity contribution >= 4 is 39.2 Å².